The first kappa shape index (κ1) is 24.2. The van der Waals surface area contributed by atoms with Crippen molar-refractivity contribution in [2.75, 3.05) is 11.5 Å². The van der Waals surface area contributed by atoms with E-state index in [1.54, 1.807) is 43.3 Å². The molecule has 8 nitrogen and oxygen atoms in total. The number of nitrogens with zero attached hydrogens (tertiary/aromatic N) is 1. The summed E-state index contributed by atoms with van der Waals surface area (Å²) in [6.45, 7) is 1.89. The van der Waals surface area contributed by atoms with Crippen LogP contribution in [0, 0.1) is 11.8 Å². The van der Waals surface area contributed by atoms with Crippen LogP contribution in [0.2, 0.25) is 5.02 Å². The van der Waals surface area contributed by atoms with E-state index in [1.165, 1.54) is 36.4 Å². The highest BCUT2D eigenvalue weighted by Crippen LogP contribution is 2.57. The molecule has 9 heteroatoms. The van der Waals surface area contributed by atoms with E-state index < -0.39 is 52.9 Å². The van der Waals surface area contributed by atoms with Gasteiger partial charge in [0.25, 0.3) is 0 Å². The van der Waals surface area contributed by atoms with E-state index in [-0.39, 0.29) is 29.0 Å². The molecule has 3 atom stereocenters. The number of ether oxygens (including phenoxy) is 2. The van der Waals surface area contributed by atoms with E-state index in [9.17, 15) is 24.0 Å². The van der Waals surface area contributed by atoms with E-state index in [1.807, 2.05) is 0 Å². The van der Waals surface area contributed by atoms with Crippen LogP contribution in [0.1, 0.15) is 49.7 Å². The monoisotopic (exact) mass is 529 g/mol. The van der Waals surface area contributed by atoms with Crippen LogP contribution in [0.15, 0.2) is 72.8 Å². The predicted molar refractivity (Wildman–Crippen MR) is 135 cm³/mol. The van der Waals surface area contributed by atoms with E-state index in [0.717, 1.165) is 4.90 Å². The number of benzene rings is 3. The Hall–Kier alpha value is -4.14. The van der Waals surface area contributed by atoms with E-state index in [4.69, 9.17) is 21.1 Å². The van der Waals surface area contributed by atoms with Gasteiger partial charge in [-0.3, -0.25) is 19.2 Å². The van der Waals surface area contributed by atoms with E-state index in [0.29, 0.717) is 10.6 Å². The van der Waals surface area contributed by atoms with Crippen molar-refractivity contribution in [2.24, 2.45) is 11.8 Å². The quantitative estimate of drug-likeness (QED) is 0.283. The summed E-state index contributed by atoms with van der Waals surface area (Å²) in [5, 5.41) is 0.454. The molecule has 6 rings (SSSR count). The fourth-order valence-corrected chi connectivity index (χ4v) is 5.81. The van der Waals surface area contributed by atoms with E-state index in [2.05, 4.69) is 0 Å². The second-order valence-corrected chi connectivity index (χ2v) is 9.75. The number of halogens is 1. The molecule has 0 N–H and O–H groups in total. The van der Waals surface area contributed by atoms with E-state index >= 15 is 0 Å². The Balaban J connectivity index is 1.46. The number of hydrogen-bond donors (Lipinski definition) is 0. The lowest BCUT2D eigenvalue weighted by Gasteiger charge is -2.27. The molecule has 190 valence electrons. The molecule has 0 aromatic heterocycles. The third-order valence-electron chi connectivity index (χ3n) is 7.35. The number of hydrogen-bond acceptors (Lipinski definition) is 7. The summed E-state index contributed by atoms with van der Waals surface area (Å²) in [6, 6.07) is 18.6. The van der Waals surface area contributed by atoms with Crippen LogP contribution in [0.4, 0.5) is 5.69 Å². The van der Waals surface area contributed by atoms with Gasteiger partial charge in [0.1, 0.15) is 0 Å². The molecule has 38 heavy (non-hydrogen) atoms. The summed E-state index contributed by atoms with van der Waals surface area (Å²) in [5.41, 5.74) is -0.868. The van der Waals surface area contributed by atoms with Crippen molar-refractivity contribution < 1.29 is 33.4 Å². The molecule has 2 heterocycles. The van der Waals surface area contributed by atoms with Crippen molar-refractivity contribution in [2.45, 2.75) is 18.6 Å². The van der Waals surface area contributed by atoms with Gasteiger partial charge in [-0.05, 0) is 48.9 Å². The number of imide groups is 1. The van der Waals surface area contributed by atoms with Gasteiger partial charge in [-0.15, -0.1) is 0 Å². The number of Topliss-reactive ketones (excluding diaryl/α,β-unsaturated/α-hetero) is 2. The van der Waals surface area contributed by atoms with Crippen molar-refractivity contribution in [1.29, 1.82) is 0 Å². The molecule has 3 aromatic carbocycles. The van der Waals surface area contributed by atoms with Gasteiger partial charge in [-0.2, -0.15) is 0 Å². The normalized spacial score (nSPS) is 23.2. The third kappa shape index (κ3) is 3.23. The first-order valence-electron chi connectivity index (χ1n) is 12.1. The molecule has 2 fully saturated rings. The number of carbonyl (C=O) groups excluding carboxylic acids is 5. The minimum absolute atomic E-state index is 0.158. The highest BCUT2D eigenvalue weighted by molar-refractivity contribution is 6.37. The molecule has 0 saturated carbocycles. The zero-order chi connectivity index (χ0) is 26.8. The van der Waals surface area contributed by atoms with Crippen LogP contribution in [0.5, 0.6) is 0 Å². The van der Waals surface area contributed by atoms with Crippen molar-refractivity contribution >= 4 is 46.6 Å². The molecule has 3 aromatic rings. The van der Waals surface area contributed by atoms with Gasteiger partial charge in [0.2, 0.25) is 29.0 Å². The first-order chi connectivity index (χ1) is 18.3. The number of anilines is 1. The van der Waals surface area contributed by atoms with Crippen molar-refractivity contribution in [3.63, 3.8) is 0 Å². The van der Waals surface area contributed by atoms with Gasteiger partial charge in [-0.1, -0.05) is 48.0 Å². The van der Waals surface area contributed by atoms with Gasteiger partial charge in [0, 0.05) is 16.1 Å². The van der Waals surface area contributed by atoms with Crippen LogP contribution in [-0.4, -0.2) is 41.6 Å². The molecular formula is C29H20ClNO7. The van der Waals surface area contributed by atoms with Crippen LogP contribution >= 0.6 is 11.6 Å². The summed E-state index contributed by atoms with van der Waals surface area (Å²) >= 11 is 6.06. The molecule has 3 aliphatic rings. The Bertz CT molecular complexity index is 1490. The van der Waals surface area contributed by atoms with Gasteiger partial charge < -0.3 is 9.47 Å². The number of rotatable bonds is 4. The third-order valence-corrected chi connectivity index (χ3v) is 7.61. The van der Waals surface area contributed by atoms with Crippen LogP contribution in [0.3, 0.4) is 0 Å². The fraction of sp³-hybridized carbons (Fsp3) is 0.207. The average Bonchev–Trinajstić information content (AvgIpc) is 3.49. The van der Waals surface area contributed by atoms with Crippen molar-refractivity contribution in [3.05, 3.63) is 100 Å². The highest BCUT2D eigenvalue weighted by atomic mass is 35.5. The second-order valence-electron chi connectivity index (χ2n) is 9.31. The Morgan fingerprint density at radius 1 is 0.895 bits per heavy atom. The number of ketones is 2. The highest BCUT2D eigenvalue weighted by Gasteiger charge is 2.74. The summed E-state index contributed by atoms with van der Waals surface area (Å²) < 4.78 is 11.2. The molecular weight excluding hydrogens is 510 g/mol. The Morgan fingerprint density at radius 2 is 1.50 bits per heavy atom. The first-order valence-corrected chi connectivity index (χ1v) is 12.4. The number of esters is 1. The lowest BCUT2D eigenvalue weighted by molar-refractivity contribution is -0.127. The zero-order valence-corrected chi connectivity index (χ0v) is 20.8. The average molecular weight is 530 g/mol. The largest absolute Gasteiger partial charge is 0.462 e. The lowest BCUT2D eigenvalue weighted by atomic mass is 9.77. The zero-order valence-electron chi connectivity index (χ0n) is 20.1. The standard InChI is InChI=1S/C29H20ClNO7/c1-2-37-28(36)16-9-13-18(14-10-16)31-26(34)21-22(27(31)35)29(38-23(21)15-7-11-17(30)12-8-15)24(32)19-5-3-4-6-20(19)25(29)33/h3-14,21-23H,2H2,1H3/t21-,22-,23-/m0/s1. The second kappa shape index (κ2) is 8.72. The van der Waals surface area contributed by atoms with Gasteiger partial charge >= 0.3 is 5.97 Å². The number of amides is 2. The maximum Gasteiger partial charge on any atom is 0.338 e. The smallest absolute Gasteiger partial charge is 0.338 e. The molecule has 1 aliphatic carbocycles. The van der Waals surface area contributed by atoms with Gasteiger partial charge in [-0.25, -0.2) is 9.69 Å². The van der Waals surface area contributed by atoms with Crippen LogP contribution in [-0.2, 0) is 19.1 Å². The summed E-state index contributed by atoms with van der Waals surface area (Å²) in [5.74, 6) is -5.61. The minimum atomic E-state index is -2.16. The topological polar surface area (TPSA) is 107 Å². The van der Waals surface area contributed by atoms with Crippen LogP contribution in [0.25, 0.3) is 0 Å². The SMILES string of the molecule is CCOC(=O)c1ccc(N2C(=O)[C@H]3[C@@H](C2=O)C2(O[C@H]3c3ccc(Cl)cc3)C(=O)c3ccccc3C2=O)cc1. The number of carbonyl (C=O) groups is 5. The molecule has 2 aliphatic heterocycles. The maximum atomic E-state index is 14.0. The molecule has 2 amide bonds. The summed E-state index contributed by atoms with van der Waals surface area (Å²) in [7, 11) is 0. The maximum absolute atomic E-state index is 14.0. The molecule has 0 radical (unpaired) electrons. The molecule has 0 unspecified atom stereocenters. The van der Waals surface area contributed by atoms with Crippen molar-refractivity contribution in [1.82, 2.24) is 0 Å². The fourth-order valence-electron chi connectivity index (χ4n) is 5.69. The summed E-state index contributed by atoms with van der Waals surface area (Å²) in [4.78, 5) is 68.4. The van der Waals surface area contributed by atoms with Gasteiger partial charge in [0.15, 0.2) is 0 Å². The minimum Gasteiger partial charge on any atom is -0.462 e. The predicted octanol–water partition coefficient (Wildman–Crippen LogP) is 4.21. The molecule has 1 spiro atoms. The number of fused-ring (bicyclic) bond motifs is 3. The lowest BCUT2D eigenvalue weighted by Crippen LogP contribution is -2.51. The Labute approximate surface area is 222 Å². The Kier molecular flexibility index (Phi) is 5.55. The van der Waals surface area contributed by atoms with Crippen LogP contribution < -0.4 is 4.90 Å². The van der Waals surface area contributed by atoms with Crippen molar-refractivity contribution in [3.8, 4) is 0 Å². The van der Waals surface area contributed by atoms with Gasteiger partial charge in [0.05, 0.1) is 35.8 Å². The molecule has 2 saturated heterocycles. The summed E-state index contributed by atoms with van der Waals surface area (Å²) in [6.07, 6.45) is -1.04. The molecule has 0 bridgehead atoms. The Morgan fingerprint density at radius 3 is 2.08 bits per heavy atom.